The van der Waals surface area contributed by atoms with Gasteiger partial charge in [-0.25, -0.2) is 4.99 Å². The van der Waals surface area contributed by atoms with E-state index in [-0.39, 0.29) is 35.6 Å². The summed E-state index contributed by atoms with van der Waals surface area (Å²) in [6, 6.07) is 10.2. The second kappa shape index (κ2) is 10.2. The number of aliphatic hydroxyl groups excluding tert-OH is 1. The van der Waals surface area contributed by atoms with Gasteiger partial charge in [-0.3, -0.25) is 9.59 Å². The lowest BCUT2D eigenvalue weighted by atomic mass is 9.46. The predicted octanol–water partition coefficient (Wildman–Crippen LogP) is 4.61. The van der Waals surface area contributed by atoms with E-state index in [0.717, 1.165) is 25.0 Å². The number of oxime groups is 1. The highest BCUT2D eigenvalue weighted by Crippen LogP contribution is 2.69. The van der Waals surface area contributed by atoms with Crippen molar-refractivity contribution in [3.63, 3.8) is 0 Å². The summed E-state index contributed by atoms with van der Waals surface area (Å²) < 4.78 is 11.3. The molecule has 6 rings (SSSR count). The van der Waals surface area contributed by atoms with Crippen LogP contribution in [0.5, 0.6) is 0 Å². The normalized spacial score (nSPS) is 39.4. The first-order chi connectivity index (χ1) is 19.6. The van der Waals surface area contributed by atoms with E-state index < -0.39 is 29.1 Å². The van der Waals surface area contributed by atoms with Crippen LogP contribution in [0.15, 0.2) is 64.3 Å². The van der Waals surface area contributed by atoms with Gasteiger partial charge in [0, 0.05) is 37.0 Å². The maximum Gasteiger partial charge on any atom is 0.303 e. The fourth-order valence-corrected chi connectivity index (χ4v) is 8.96. The van der Waals surface area contributed by atoms with Crippen molar-refractivity contribution in [3.05, 3.63) is 59.7 Å². The smallest absolute Gasteiger partial charge is 0.303 e. The molecular formula is C33H40N2O6. The number of ketones is 1. The quantitative estimate of drug-likeness (QED) is 0.297. The molecule has 8 heteroatoms. The molecule has 5 aliphatic rings. The number of benzene rings is 1. The predicted molar refractivity (Wildman–Crippen MR) is 154 cm³/mol. The Hall–Kier alpha value is -3.26. The van der Waals surface area contributed by atoms with E-state index in [1.807, 2.05) is 24.3 Å². The molecule has 0 unspecified atom stereocenters. The van der Waals surface area contributed by atoms with Crippen molar-refractivity contribution in [1.29, 1.82) is 0 Å². The number of esters is 1. The van der Waals surface area contributed by atoms with Crippen molar-refractivity contribution in [1.82, 2.24) is 0 Å². The number of aliphatic imine (C=N–C) groups is 1. The van der Waals surface area contributed by atoms with Gasteiger partial charge in [0.15, 0.2) is 18.0 Å². The van der Waals surface area contributed by atoms with Gasteiger partial charge in [-0.2, -0.15) is 0 Å². The topological polar surface area (TPSA) is 107 Å². The number of allylic oxidation sites excluding steroid dienone is 4. The van der Waals surface area contributed by atoms with Crippen LogP contribution in [-0.4, -0.2) is 59.4 Å². The molecule has 1 aromatic carbocycles. The van der Waals surface area contributed by atoms with Crippen LogP contribution in [0.3, 0.4) is 0 Å². The summed E-state index contributed by atoms with van der Waals surface area (Å²) in [5, 5.41) is 16.3. The van der Waals surface area contributed by atoms with E-state index in [9.17, 15) is 14.7 Å². The SMILES string of the molecule is CC(=O)OCC(=O)[C@@]12N=C(C)O[C@@H]1C[C@H]1[C@@H]3CCC4=C/C(=N/OCCc5ccccc5)C=C[C@]4(C)[C@H]3[C@@H](O)C[C@@]12C. The van der Waals surface area contributed by atoms with Crippen molar-refractivity contribution in [3.8, 4) is 0 Å². The Balaban J connectivity index is 1.23. The first-order valence-electron chi connectivity index (χ1n) is 14.8. The largest absolute Gasteiger partial charge is 0.475 e. The van der Waals surface area contributed by atoms with E-state index in [2.05, 4.69) is 43.3 Å². The number of carbonyl (C=O) groups excluding carboxylic acids is 2. The first-order valence-corrected chi connectivity index (χ1v) is 14.8. The zero-order chi connectivity index (χ0) is 29.0. The molecular weight excluding hydrogens is 520 g/mol. The number of ether oxygens (including phenoxy) is 2. The van der Waals surface area contributed by atoms with Gasteiger partial charge in [0.2, 0.25) is 5.78 Å². The van der Waals surface area contributed by atoms with E-state index >= 15 is 0 Å². The van der Waals surface area contributed by atoms with Crippen molar-refractivity contribution < 1.29 is 29.0 Å². The third-order valence-electron chi connectivity index (χ3n) is 10.7. The second-order valence-corrected chi connectivity index (χ2v) is 12.8. The summed E-state index contributed by atoms with van der Waals surface area (Å²) in [5.74, 6) is 0.0839. The van der Waals surface area contributed by atoms with Gasteiger partial charge in [0.05, 0.1) is 6.10 Å². The molecule has 8 nitrogen and oxygen atoms in total. The zero-order valence-corrected chi connectivity index (χ0v) is 24.3. The first kappa shape index (κ1) is 27.9. The minimum Gasteiger partial charge on any atom is -0.475 e. The van der Waals surface area contributed by atoms with Gasteiger partial charge in [0.1, 0.15) is 18.4 Å². The van der Waals surface area contributed by atoms with Crippen LogP contribution in [-0.2, 0) is 30.3 Å². The molecule has 1 heterocycles. The van der Waals surface area contributed by atoms with Crippen LogP contribution in [0.25, 0.3) is 0 Å². The van der Waals surface area contributed by atoms with E-state index in [4.69, 9.17) is 19.3 Å². The Morgan fingerprint density at radius 1 is 1.22 bits per heavy atom. The Morgan fingerprint density at radius 2 is 2.00 bits per heavy atom. The van der Waals surface area contributed by atoms with E-state index in [1.165, 1.54) is 18.1 Å². The van der Waals surface area contributed by atoms with Gasteiger partial charge >= 0.3 is 5.97 Å². The molecule has 41 heavy (non-hydrogen) atoms. The highest BCUT2D eigenvalue weighted by molar-refractivity contribution is 6.05. The third-order valence-corrected chi connectivity index (χ3v) is 10.7. The van der Waals surface area contributed by atoms with Crippen molar-refractivity contribution in [2.45, 2.75) is 77.5 Å². The van der Waals surface area contributed by atoms with Crippen LogP contribution in [0.4, 0.5) is 0 Å². The van der Waals surface area contributed by atoms with Crippen LogP contribution in [0.2, 0.25) is 0 Å². The van der Waals surface area contributed by atoms with Crippen LogP contribution < -0.4 is 0 Å². The average Bonchev–Trinajstić information content (AvgIpc) is 3.40. The maximum absolute atomic E-state index is 13.8. The Labute approximate surface area is 241 Å². The number of aliphatic hydroxyl groups is 1. The summed E-state index contributed by atoms with van der Waals surface area (Å²) >= 11 is 0. The lowest BCUT2D eigenvalue weighted by Crippen LogP contribution is -2.62. The summed E-state index contributed by atoms with van der Waals surface area (Å²) in [7, 11) is 0. The van der Waals surface area contributed by atoms with Crippen molar-refractivity contribution in [2.24, 2.45) is 38.7 Å². The van der Waals surface area contributed by atoms with Crippen LogP contribution in [0, 0.1) is 28.6 Å². The lowest BCUT2D eigenvalue weighted by molar-refractivity contribution is -0.154. The molecule has 1 N–H and O–H groups in total. The fourth-order valence-electron chi connectivity index (χ4n) is 8.96. The summed E-state index contributed by atoms with van der Waals surface area (Å²) in [6.45, 7) is 7.57. The summed E-state index contributed by atoms with van der Waals surface area (Å²) in [5.41, 5.74) is 1.19. The van der Waals surface area contributed by atoms with Gasteiger partial charge in [-0.1, -0.05) is 61.0 Å². The molecule has 0 aromatic heterocycles. The molecule has 1 aromatic rings. The number of Topliss-reactive ketones (excluding diaryl/α,β-unsaturated/α-hetero) is 1. The zero-order valence-electron chi connectivity index (χ0n) is 24.3. The molecule has 0 saturated heterocycles. The van der Waals surface area contributed by atoms with Crippen LogP contribution >= 0.6 is 0 Å². The number of nitrogens with zero attached hydrogens (tertiary/aromatic N) is 2. The summed E-state index contributed by atoms with van der Waals surface area (Å²) in [6.07, 6.45) is 9.00. The number of hydrogen-bond acceptors (Lipinski definition) is 8. The molecule has 1 aliphatic heterocycles. The molecule has 3 saturated carbocycles. The second-order valence-electron chi connectivity index (χ2n) is 12.8. The minimum atomic E-state index is -1.15. The number of carbonyl (C=O) groups is 2. The molecule has 4 aliphatic carbocycles. The average molecular weight is 561 g/mol. The summed E-state index contributed by atoms with van der Waals surface area (Å²) in [4.78, 5) is 35.8. The Kier molecular flexibility index (Phi) is 6.96. The van der Waals surface area contributed by atoms with E-state index in [1.54, 1.807) is 6.92 Å². The standard InChI is InChI=1S/C33H40N2O6/c1-20-34-33(28(38)19-39-21(2)36)29(41-20)17-26-25-11-10-23-16-24(35-40-15-13-22-8-6-5-7-9-22)12-14-31(23,3)30(25)27(37)18-32(26,33)4/h5-9,12,14,16,25-27,29-30,37H,10-11,13,15,17-19H2,1-4H3/b35-24+/t25-,26-,27-,29+,30+,31-,32-,33+/m0/s1. The van der Waals surface area contributed by atoms with Crippen molar-refractivity contribution in [2.75, 3.05) is 13.2 Å². The Bertz CT molecular complexity index is 1350. The number of hydrogen-bond donors (Lipinski definition) is 1. The maximum atomic E-state index is 13.8. The number of fused-ring (bicyclic) bond motifs is 7. The third kappa shape index (κ3) is 4.37. The van der Waals surface area contributed by atoms with Gasteiger partial charge < -0.3 is 19.4 Å². The van der Waals surface area contributed by atoms with Crippen molar-refractivity contribution >= 4 is 23.4 Å². The monoisotopic (exact) mass is 560 g/mol. The Morgan fingerprint density at radius 3 is 2.76 bits per heavy atom. The molecule has 3 fully saturated rings. The van der Waals surface area contributed by atoms with E-state index in [0.29, 0.717) is 25.3 Å². The van der Waals surface area contributed by atoms with Gasteiger partial charge in [-0.15, -0.1) is 0 Å². The fraction of sp³-hybridized carbons (Fsp3) is 0.576. The molecule has 8 atom stereocenters. The molecule has 0 bridgehead atoms. The highest BCUT2D eigenvalue weighted by atomic mass is 16.6. The van der Waals surface area contributed by atoms with Gasteiger partial charge in [-0.05, 0) is 55.2 Å². The van der Waals surface area contributed by atoms with Crippen LogP contribution in [0.1, 0.15) is 58.9 Å². The highest BCUT2D eigenvalue weighted by Gasteiger charge is 2.74. The van der Waals surface area contributed by atoms with Gasteiger partial charge in [0.25, 0.3) is 0 Å². The molecule has 0 radical (unpaired) electrons. The lowest BCUT2D eigenvalue weighted by Gasteiger charge is -2.59. The molecule has 0 amide bonds. The number of rotatable bonds is 7. The molecule has 0 spiro atoms. The minimum absolute atomic E-state index is 0.00176. The molecule has 218 valence electrons.